The maximum Gasteiger partial charge on any atom is 0.427 e. The Balaban J connectivity index is 2.98. The third-order valence-electron chi connectivity index (χ3n) is 0.904. The second-order valence-corrected chi connectivity index (χ2v) is 2.74. The van der Waals surface area contributed by atoms with Gasteiger partial charge in [-0.15, -0.1) is 11.3 Å². The van der Waals surface area contributed by atoms with Crippen LogP contribution in [0.2, 0.25) is 0 Å². The van der Waals surface area contributed by atoms with Crippen LogP contribution in [0.25, 0.3) is 0 Å². The van der Waals surface area contributed by atoms with Gasteiger partial charge in [-0.05, 0) is 0 Å². The van der Waals surface area contributed by atoms with Gasteiger partial charge in [0.2, 0.25) is 0 Å². The van der Waals surface area contributed by atoms with Gasteiger partial charge in [0.05, 0.1) is 6.20 Å². The number of hydrogen-bond donors (Lipinski definition) is 0. The van der Waals surface area contributed by atoms with Gasteiger partial charge in [-0.2, -0.15) is 13.2 Å². The van der Waals surface area contributed by atoms with Gasteiger partial charge in [0.1, 0.15) is 4.88 Å². The molecular weight excluding hydrogens is 179 g/mol. The Morgan fingerprint density at radius 3 is 2.45 bits per heavy atom. The van der Waals surface area contributed by atoms with Crippen LogP contribution >= 0.6 is 11.3 Å². The molecule has 0 N–H and O–H groups in total. The molecular formula is C5H2F3NOS. The molecule has 1 aromatic rings. The van der Waals surface area contributed by atoms with Crippen molar-refractivity contribution in [1.29, 1.82) is 0 Å². The van der Waals surface area contributed by atoms with Crippen LogP contribution < -0.4 is 0 Å². The summed E-state index contributed by atoms with van der Waals surface area (Å²) in [5.74, 6) is 0. The minimum Gasteiger partial charge on any atom is -0.295 e. The molecule has 0 saturated heterocycles. The molecule has 1 rings (SSSR count). The van der Waals surface area contributed by atoms with Crippen molar-refractivity contribution in [3.8, 4) is 0 Å². The van der Waals surface area contributed by atoms with Gasteiger partial charge in [-0.1, -0.05) is 0 Å². The van der Waals surface area contributed by atoms with Crippen molar-refractivity contribution in [1.82, 2.24) is 4.98 Å². The molecule has 0 aliphatic rings. The van der Waals surface area contributed by atoms with Crippen molar-refractivity contribution < 1.29 is 18.0 Å². The highest BCUT2D eigenvalue weighted by Gasteiger charge is 2.33. The first-order valence-electron chi connectivity index (χ1n) is 2.52. The number of alkyl halides is 3. The summed E-state index contributed by atoms with van der Waals surface area (Å²) in [6.07, 6.45) is -3.45. The number of nitrogens with zero attached hydrogens (tertiary/aromatic N) is 1. The highest BCUT2D eigenvalue weighted by Crippen LogP contribution is 2.32. The Morgan fingerprint density at radius 2 is 2.18 bits per heavy atom. The Labute approximate surface area is 63.7 Å². The molecule has 0 fully saturated rings. The van der Waals surface area contributed by atoms with Crippen LogP contribution in [-0.4, -0.2) is 11.3 Å². The van der Waals surface area contributed by atoms with E-state index in [4.69, 9.17) is 0 Å². The van der Waals surface area contributed by atoms with Crippen molar-refractivity contribution >= 4 is 17.6 Å². The van der Waals surface area contributed by atoms with E-state index >= 15 is 0 Å². The zero-order valence-corrected chi connectivity index (χ0v) is 5.87. The van der Waals surface area contributed by atoms with E-state index in [9.17, 15) is 18.0 Å². The number of thiazole rings is 1. The zero-order chi connectivity index (χ0) is 8.48. The fourth-order valence-electron chi connectivity index (χ4n) is 0.473. The maximum absolute atomic E-state index is 11.8. The van der Waals surface area contributed by atoms with E-state index < -0.39 is 11.1 Å². The molecule has 0 bridgehead atoms. The Bertz CT molecular complexity index is 267. The normalized spacial score (nSPS) is 11.5. The average Bonchev–Trinajstić information content (AvgIpc) is 2.32. The van der Waals surface area contributed by atoms with Crippen LogP contribution in [0.3, 0.4) is 0 Å². The van der Waals surface area contributed by atoms with Gasteiger partial charge < -0.3 is 0 Å². The molecule has 0 aromatic carbocycles. The van der Waals surface area contributed by atoms with E-state index in [0.29, 0.717) is 23.8 Å². The third kappa shape index (κ3) is 1.76. The van der Waals surface area contributed by atoms with Gasteiger partial charge in [0.15, 0.2) is 11.3 Å². The minimum atomic E-state index is -4.39. The molecule has 11 heavy (non-hydrogen) atoms. The van der Waals surface area contributed by atoms with Crippen LogP contribution in [0.5, 0.6) is 0 Å². The smallest absolute Gasteiger partial charge is 0.295 e. The highest BCUT2D eigenvalue weighted by atomic mass is 32.1. The summed E-state index contributed by atoms with van der Waals surface area (Å²) in [5.41, 5.74) is 0. The monoisotopic (exact) mass is 181 g/mol. The molecule has 0 radical (unpaired) electrons. The lowest BCUT2D eigenvalue weighted by molar-refractivity contribution is -0.134. The van der Waals surface area contributed by atoms with Gasteiger partial charge in [-0.3, -0.25) is 4.79 Å². The molecule has 6 heteroatoms. The van der Waals surface area contributed by atoms with E-state index in [0.717, 1.165) is 0 Å². The predicted molar refractivity (Wildman–Crippen MR) is 32.5 cm³/mol. The van der Waals surface area contributed by atoms with Crippen LogP contribution in [0.1, 0.15) is 14.7 Å². The van der Waals surface area contributed by atoms with Crippen molar-refractivity contribution in [3.63, 3.8) is 0 Å². The summed E-state index contributed by atoms with van der Waals surface area (Å²) in [5, 5.41) is -0.155. The Hall–Kier alpha value is -0.910. The number of halogens is 3. The number of carbonyl (C=O) groups is 1. The largest absolute Gasteiger partial charge is 0.427 e. The average molecular weight is 181 g/mol. The van der Waals surface area contributed by atoms with Crippen LogP contribution in [0, 0.1) is 0 Å². The standard InChI is InChI=1S/C5H2F3NOS/c6-5(7,8)3-1-9-4(2-10)11-3/h1-2H. The van der Waals surface area contributed by atoms with E-state index in [1.165, 1.54) is 0 Å². The number of hydrogen-bond acceptors (Lipinski definition) is 3. The molecule has 0 aliphatic heterocycles. The van der Waals surface area contributed by atoms with Gasteiger partial charge in [0, 0.05) is 0 Å². The summed E-state index contributed by atoms with van der Waals surface area (Å²) in [4.78, 5) is 12.3. The number of aromatic nitrogens is 1. The summed E-state index contributed by atoms with van der Waals surface area (Å²) in [7, 11) is 0. The first kappa shape index (κ1) is 8.19. The summed E-state index contributed by atoms with van der Waals surface area (Å²) >= 11 is 0.336. The highest BCUT2D eigenvalue weighted by molar-refractivity contribution is 7.13. The summed E-state index contributed by atoms with van der Waals surface area (Å²) in [6.45, 7) is 0. The van der Waals surface area contributed by atoms with Gasteiger partial charge >= 0.3 is 6.18 Å². The Morgan fingerprint density at radius 1 is 1.55 bits per heavy atom. The second-order valence-electron chi connectivity index (χ2n) is 1.68. The fourth-order valence-corrected chi connectivity index (χ4v) is 1.07. The van der Waals surface area contributed by atoms with Crippen molar-refractivity contribution in [2.45, 2.75) is 6.18 Å². The molecule has 0 atom stereocenters. The lowest BCUT2D eigenvalue weighted by Gasteiger charge is -1.98. The molecule has 0 saturated carbocycles. The molecule has 0 unspecified atom stereocenters. The van der Waals surface area contributed by atoms with E-state index in [1.807, 2.05) is 0 Å². The molecule has 1 heterocycles. The summed E-state index contributed by atoms with van der Waals surface area (Å²) in [6, 6.07) is 0. The van der Waals surface area contributed by atoms with Crippen molar-refractivity contribution in [3.05, 3.63) is 16.1 Å². The third-order valence-corrected chi connectivity index (χ3v) is 1.87. The minimum absolute atomic E-state index is 0.155. The van der Waals surface area contributed by atoms with Crippen molar-refractivity contribution in [2.75, 3.05) is 0 Å². The predicted octanol–water partition coefficient (Wildman–Crippen LogP) is 1.97. The van der Waals surface area contributed by atoms with Crippen LogP contribution in [0.15, 0.2) is 6.20 Å². The molecule has 2 nitrogen and oxygen atoms in total. The SMILES string of the molecule is O=Cc1ncc(C(F)(F)F)s1. The molecule has 1 aromatic heterocycles. The second kappa shape index (κ2) is 2.61. The fraction of sp³-hybridized carbons (Fsp3) is 0.200. The van der Waals surface area contributed by atoms with E-state index in [2.05, 4.69) is 4.98 Å². The van der Waals surface area contributed by atoms with E-state index in [-0.39, 0.29) is 5.01 Å². The molecule has 0 aliphatic carbocycles. The van der Waals surface area contributed by atoms with Gasteiger partial charge in [-0.25, -0.2) is 4.98 Å². The zero-order valence-electron chi connectivity index (χ0n) is 5.05. The number of carbonyl (C=O) groups excluding carboxylic acids is 1. The first-order chi connectivity index (χ1) is 5.04. The maximum atomic E-state index is 11.8. The number of rotatable bonds is 1. The van der Waals surface area contributed by atoms with Crippen LogP contribution in [0.4, 0.5) is 13.2 Å². The lowest BCUT2D eigenvalue weighted by atomic mass is 10.5. The van der Waals surface area contributed by atoms with Gasteiger partial charge in [0.25, 0.3) is 0 Å². The Kier molecular flexibility index (Phi) is 1.95. The molecule has 0 spiro atoms. The van der Waals surface area contributed by atoms with Crippen molar-refractivity contribution in [2.24, 2.45) is 0 Å². The lowest BCUT2D eigenvalue weighted by Crippen LogP contribution is -2.00. The quantitative estimate of drug-likeness (QED) is 0.620. The molecule has 0 amide bonds. The number of aldehydes is 1. The summed E-state index contributed by atoms with van der Waals surface area (Å²) < 4.78 is 35.4. The first-order valence-corrected chi connectivity index (χ1v) is 3.34. The topological polar surface area (TPSA) is 30.0 Å². The van der Waals surface area contributed by atoms with Crippen LogP contribution in [-0.2, 0) is 6.18 Å². The van der Waals surface area contributed by atoms with E-state index in [1.54, 1.807) is 0 Å². The molecule has 60 valence electrons.